The van der Waals surface area contributed by atoms with Crippen LogP contribution < -0.4 is 0 Å². The van der Waals surface area contributed by atoms with Crippen molar-refractivity contribution >= 4 is 14.5 Å². The van der Waals surface area contributed by atoms with Gasteiger partial charge in [0.05, 0.1) is 0 Å². The third-order valence-electron chi connectivity index (χ3n) is 0.543. The summed E-state index contributed by atoms with van der Waals surface area (Å²) in [6, 6.07) is 2.03. The maximum atomic E-state index is 8.18. The normalized spacial score (nSPS) is 7.86. The zero-order valence-electron chi connectivity index (χ0n) is 3.46. The van der Waals surface area contributed by atoms with Crippen molar-refractivity contribution in [2.24, 2.45) is 0 Å². The van der Waals surface area contributed by atoms with E-state index < -0.39 is 0 Å². The molecule has 0 unspecified atom stereocenters. The zero-order valence-corrected chi connectivity index (χ0v) is 5.17. The zero-order chi connectivity index (χ0) is 5.11. The Kier molecular flexibility index (Phi) is 1.26. The molecule has 0 saturated heterocycles. The van der Waals surface area contributed by atoms with Crippen molar-refractivity contribution in [3.63, 3.8) is 0 Å². The monoisotopic (exact) mass is 158 g/mol. The molecule has 34 valence electrons. The summed E-state index contributed by atoms with van der Waals surface area (Å²) < 4.78 is 0.813. The SMILES string of the molecule is N#Cc1cnc[se]1. The minimum absolute atomic E-state index is 0.245. The Hall–Kier alpha value is -0.581. The average molecular weight is 157 g/mol. The van der Waals surface area contributed by atoms with E-state index in [1.807, 2.05) is 6.07 Å². The van der Waals surface area contributed by atoms with Crippen LogP contribution in [0, 0.1) is 11.3 Å². The van der Waals surface area contributed by atoms with Gasteiger partial charge in [0.15, 0.2) is 0 Å². The molecule has 0 amide bonds. The molecule has 0 aromatic carbocycles. The van der Waals surface area contributed by atoms with Crippen LogP contribution in [0.15, 0.2) is 11.3 Å². The minimum atomic E-state index is 0.245. The second kappa shape index (κ2) is 1.92. The van der Waals surface area contributed by atoms with Crippen molar-refractivity contribution in [2.45, 2.75) is 0 Å². The van der Waals surface area contributed by atoms with Crippen LogP contribution in [0.3, 0.4) is 0 Å². The van der Waals surface area contributed by atoms with Gasteiger partial charge in [-0.1, -0.05) is 0 Å². The summed E-state index contributed by atoms with van der Waals surface area (Å²) in [6.45, 7) is 0. The fourth-order valence-electron chi connectivity index (χ4n) is 0.271. The summed E-state index contributed by atoms with van der Waals surface area (Å²) in [5.74, 6) is 0. The fraction of sp³-hybridized carbons (Fsp3) is 0. The van der Waals surface area contributed by atoms with Crippen molar-refractivity contribution in [3.8, 4) is 6.07 Å². The van der Waals surface area contributed by atoms with Gasteiger partial charge in [0.1, 0.15) is 0 Å². The summed E-state index contributed by atoms with van der Waals surface area (Å²) >= 11 is 0.245. The van der Waals surface area contributed by atoms with Gasteiger partial charge in [0.2, 0.25) is 0 Å². The predicted octanol–water partition coefficient (Wildman–Crippen LogP) is 0.0103. The topological polar surface area (TPSA) is 36.7 Å². The summed E-state index contributed by atoms with van der Waals surface area (Å²) in [7, 11) is 0. The van der Waals surface area contributed by atoms with Crippen LogP contribution in [0.2, 0.25) is 0 Å². The van der Waals surface area contributed by atoms with Crippen molar-refractivity contribution in [2.75, 3.05) is 0 Å². The summed E-state index contributed by atoms with van der Waals surface area (Å²) in [5.41, 5.74) is 0. The molecule has 0 saturated carbocycles. The van der Waals surface area contributed by atoms with Gasteiger partial charge < -0.3 is 0 Å². The third kappa shape index (κ3) is 0.894. The molecule has 0 spiro atoms. The van der Waals surface area contributed by atoms with E-state index in [-0.39, 0.29) is 14.5 Å². The van der Waals surface area contributed by atoms with Crippen LogP contribution in [-0.4, -0.2) is 19.5 Å². The first-order valence-corrected chi connectivity index (χ1v) is 3.56. The van der Waals surface area contributed by atoms with Crippen molar-refractivity contribution in [3.05, 3.63) is 15.7 Å². The van der Waals surface area contributed by atoms with Gasteiger partial charge in [-0.2, -0.15) is 0 Å². The Balaban J connectivity index is 3.04. The molecule has 7 heavy (non-hydrogen) atoms. The number of aromatic nitrogens is 1. The van der Waals surface area contributed by atoms with Gasteiger partial charge >= 0.3 is 46.5 Å². The number of nitriles is 1. The van der Waals surface area contributed by atoms with E-state index in [0.29, 0.717) is 0 Å². The Labute approximate surface area is 47.2 Å². The van der Waals surface area contributed by atoms with Crippen LogP contribution in [0.5, 0.6) is 0 Å². The predicted molar refractivity (Wildman–Crippen MR) is 25.9 cm³/mol. The molecule has 0 aliphatic heterocycles. The van der Waals surface area contributed by atoms with Crippen LogP contribution in [0.25, 0.3) is 0 Å². The molecular weight excluding hydrogens is 155 g/mol. The number of hydrogen-bond acceptors (Lipinski definition) is 2. The van der Waals surface area contributed by atoms with Gasteiger partial charge in [0.25, 0.3) is 0 Å². The van der Waals surface area contributed by atoms with Crippen molar-refractivity contribution in [1.29, 1.82) is 5.26 Å². The Bertz CT molecular complexity index is 172. The second-order valence-electron chi connectivity index (χ2n) is 0.977. The molecule has 2 nitrogen and oxygen atoms in total. The van der Waals surface area contributed by atoms with Gasteiger partial charge in [-0.25, -0.2) is 0 Å². The van der Waals surface area contributed by atoms with Crippen molar-refractivity contribution < 1.29 is 0 Å². The number of nitrogens with zero attached hydrogens (tertiary/aromatic N) is 2. The van der Waals surface area contributed by atoms with Gasteiger partial charge in [-0.3, -0.25) is 0 Å². The molecule has 0 aliphatic rings. The first-order valence-electron chi connectivity index (χ1n) is 1.72. The molecular formula is C4H2N2Se. The van der Waals surface area contributed by atoms with E-state index in [1.165, 1.54) is 0 Å². The molecule has 1 aromatic heterocycles. The van der Waals surface area contributed by atoms with Crippen LogP contribution in [0.4, 0.5) is 0 Å². The van der Waals surface area contributed by atoms with Gasteiger partial charge in [-0.05, 0) is 0 Å². The second-order valence-corrected chi connectivity index (χ2v) is 2.84. The summed E-state index contributed by atoms with van der Waals surface area (Å²) in [6.07, 6.45) is 1.61. The molecule has 0 atom stereocenters. The van der Waals surface area contributed by atoms with E-state index in [4.69, 9.17) is 5.26 Å². The fourth-order valence-corrected chi connectivity index (χ4v) is 1.13. The summed E-state index contributed by atoms with van der Waals surface area (Å²) in [4.78, 5) is 3.75. The standard InChI is InChI=1S/C4H2N2Se/c5-1-4-2-6-3-7-4/h2-3H. The molecule has 0 bridgehead atoms. The third-order valence-corrected chi connectivity index (χ3v) is 1.96. The van der Waals surface area contributed by atoms with Crippen LogP contribution in [0.1, 0.15) is 4.44 Å². The van der Waals surface area contributed by atoms with Crippen molar-refractivity contribution in [1.82, 2.24) is 4.98 Å². The Morgan fingerprint density at radius 3 is 3.00 bits per heavy atom. The molecule has 1 rings (SSSR count). The van der Waals surface area contributed by atoms with E-state index in [2.05, 4.69) is 4.98 Å². The molecule has 0 aliphatic carbocycles. The van der Waals surface area contributed by atoms with Crippen LogP contribution >= 0.6 is 0 Å². The number of rotatable bonds is 0. The molecule has 0 fully saturated rings. The summed E-state index contributed by atoms with van der Waals surface area (Å²) in [5, 5.41) is 9.97. The molecule has 1 heterocycles. The Morgan fingerprint density at radius 1 is 1.86 bits per heavy atom. The average Bonchev–Trinajstić information content (AvgIpc) is 2.14. The molecule has 3 heteroatoms. The van der Waals surface area contributed by atoms with E-state index >= 15 is 0 Å². The van der Waals surface area contributed by atoms with Crippen LogP contribution in [-0.2, 0) is 0 Å². The Morgan fingerprint density at radius 2 is 2.71 bits per heavy atom. The van der Waals surface area contributed by atoms with E-state index in [9.17, 15) is 0 Å². The maximum absolute atomic E-state index is 8.18. The van der Waals surface area contributed by atoms with E-state index in [1.54, 1.807) is 11.3 Å². The first-order chi connectivity index (χ1) is 3.43. The first kappa shape index (κ1) is 4.58. The van der Waals surface area contributed by atoms with E-state index in [0.717, 1.165) is 4.44 Å². The quantitative estimate of drug-likeness (QED) is 0.497. The van der Waals surface area contributed by atoms with Gasteiger partial charge in [-0.15, -0.1) is 0 Å². The molecule has 0 radical (unpaired) electrons. The molecule has 0 N–H and O–H groups in total. The molecule has 1 aromatic rings. The number of hydrogen-bond donors (Lipinski definition) is 0. The van der Waals surface area contributed by atoms with Gasteiger partial charge in [0, 0.05) is 0 Å².